The Balaban J connectivity index is 2.13. The fourth-order valence-electron chi connectivity index (χ4n) is 1.93. The first-order valence-electron chi connectivity index (χ1n) is 7.71. The smallest absolute Gasteiger partial charge is 0.340 e. The van der Waals surface area contributed by atoms with E-state index in [0.29, 0.717) is 29.6 Å². The van der Waals surface area contributed by atoms with E-state index < -0.39 is 0 Å². The van der Waals surface area contributed by atoms with Gasteiger partial charge in [-0.15, -0.1) is 5.10 Å². The number of nitrogens with zero attached hydrogens (tertiary/aromatic N) is 3. The highest BCUT2D eigenvalue weighted by molar-refractivity contribution is 5.96. The zero-order chi connectivity index (χ0) is 16.5. The van der Waals surface area contributed by atoms with Crippen LogP contribution in [-0.4, -0.2) is 34.3 Å². The predicted molar refractivity (Wildman–Crippen MR) is 88.9 cm³/mol. The number of rotatable bonds is 8. The normalized spacial score (nSPS) is 10.2. The van der Waals surface area contributed by atoms with Gasteiger partial charge in [-0.3, -0.25) is 0 Å². The number of hydrogen-bond donors (Lipinski definition) is 2. The van der Waals surface area contributed by atoms with Crippen LogP contribution in [0.25, 0.3) is 0 Å². The number of nitrogens with one attached hydrogen (secondary N) is 2. The minimum atomic E-state index is -0.388. The Bertz CT molecular complexity index is 648. The molecule has 1 heterocycles. The number of esters is 1. The number of ether oxygens (including phenoxy) is 1. The molecule has 0 aliphatic rings. The van der Waals surface area contributed by atoms with E-state index in [1.54, 1.807) is 31.3 Å². The molecule has 0 unspecified atom stereocenters. The molecule has 2 rings (SSSR count). The number of benzene rings is 1. The second kappa shape index (κ2) is 8.67. The van der Waals surface area contributed by atoms with E-state index >= 15 is 0 Å². The number of anilines is 3. The van der Waals surface area contributed by atoms with Gasteiger partial charge in [0.25, 0.3) is 0 Å². The highest BCUT2D eigenvalue weighted by atomic mass is 16.5. The largest absolute Gasteiger partial charge is 0.462 e. The van der Waals surface area contributed by atoms with Gasteiger partial charge in [0.15, 0.2) is 5.82 Å². The van der Waals surface area contributed by atoms with Crippen LogP contribution in [0.2, 0.25) is 0 Å². The van der Waals surface area contributed by atoms with E-state index in [2.05, 4.69) is 32.7 Å². The third-order valence-corrected chi connectivity index (χ3v) is 3.06. The lowest BCUT2D eigenvalue weighted by Crippen LogP contribution is -2.10. The van der Waals surface area contributed by atoms with E-state index in [1.165, 1.54) is 0 Å². The summed E-state index contributed by atoms with van der Waals surface area (Å²) in [6.07, 6.45) is 3.72. The molecule has 1 aromatic heterocycles. The molecule has 2 aromatic rings. The monoisotopic (exact) mass is 315 g/mol. The van der Waals surface area contributed by atoms with Gasteiger partial charge in [0.1, 0.15) is 0 Å². The molecule has 0 spiro atoms. The molecule has 7 nitrogen and oxygen atoms in total. The molecule has 0 atom stereocenters. The number of aromatic nitrogens is 3. The third kappa shape index (κ3) is 4.91. The molecular formula is C16H21N5O2. The van der Waals surface area contributed by atoms with Crippen molar-refractivity contribution < 1.29 is 9.53 Å². The first-order chi connectivity index (χ1) is 11.2. The van der Waals surface area contributed by atoms with Crippen LogP contribution in [0.3, 0.4) is 0 Å². The van der Waals surface area contributed by atoms with Crippen LogP contribution in [0, 0.1) is 0 Å². The van der Waals surface area contributed by atoms with Gasteiger partial charge in [-0.2, -0.15) is 10.1 Å². The van der Waals surface area contributed by atoms with Gasteiger partial charge in [-0.05, 0) is 25.5 Å². The first kappa shape index (κ1) is 16.7. The second-order valence-electron chi connectivity index (χ2n) is 4.84. The molecule has 0 aliphatic carbocycles. The number of carbonyl (C=O) groups excluding carboxylic acids is 1. The second-order valence-corrected chi connectivity index (χ2v) is 4.84. The van der Waals surface area contributed by atoms with Crippen molar-refractivity contribution in [2.24, 2.45) is 0 Å². The Morgan fingerprint density at radius 3 is 2.87 bits per heavy atom. The molecule has 1 aromatic carbocycles. The maximum atomic E-state index is 12.0. The van der Waals surface area contributed by atoms with Gasteiger partial charge in [-0.1, -0.05) is 25.5 Å². The molecule has 2 N–H and O–H groups in total. The number of carbonyl (C=O) groups is 1. The molecular weight excluding hydrogens is 294 g/mol. The lowest BCUT2D eigenvalue weighted by molar-refractivity contribution is 0.0527. The van der Waals surface area contributed by atoms with Gasteiger partial charge in [-0.25, -0.2) is 4.79 Å². The topological polar surface area (TPSA) is 89.0 Å². The zero-order valence-electron chi connectivity index (χ0n) is 13.4. The van der Waals surface area contributed by atoms with Crippen molar-refractivity contribution in [3.05, 3.63) is 36.0 Å². The summed E-state index contributed by atoms with van der Waals surface area (Å²) in [5.74, 6) is 0.577. The lowest BCUT2D eigenvalue weighted by Gasteiger charge is -2.10. The highest BCUT2D eigenvalue weighted by Gasteiger charge is 2.13. The van der Waals surface area contributed by atoms with Crippen LogP contribution < -0.4 is 10.6 Å². The molecule has 7 heteroatoms. The van der Waals surface area contributed by atoms with Crippen LogP contribution in [0.5, 0.6) is 0 Å². The SMILES string of the molecule is CCCCNc1cnnc(Nc2ccccc2C(=O)OCC)n1. The predicted octanol–water partition coefficient (Wildman–Crippen LogP) is 3.00. The average molecular weight is 315 g/mol. The molecule has 0 saturated carbocycles. The van der Waals surface area contributed by atoms with E-state index in [0.717, 1.165) is 19.4 Å². The Hall–Kier alpha value is -2.70. The van der Waals surface area contributed by atoms with Crippen LogP contribution in [0.1, 0.15) is 37.0 Å². The van der Waals surface area contributed by atoms with Gasteiger partial charge in [0.05, 0.1) is 24.1 Å². The molecule has 0 amide bonds. The maximum Gasteiger partial charge on any atom is 0.340 e. The van der Waals surface area contributed by atoms with Crippen molar-refractivity contribution in [1.29, 1.82) is 0 Å². The average Bonchev–Trinajstić information content (AvgIpc) is 2.56. The fourth-order valence-corrected chi connectivity index (χ4v) is 1.93. The van der Waals surface area contributed by atoms with Gasteiger partial charge < -0.3 is 15.4 Å². The number of unbranched alkanes of at least 4 members (excludes halogenated alkanes) is 1. The Morgan fingerprint density at radius 1 is 1.26 bits per heavy atom. The summed E-state index contributed by atoms with van der Waals surface area (Å²) < 4.78 is 5.05. The summed E-state index contributed by atoms with van der Waals surface area (Å²) in [4.78, 5) is 16.3. The van der Waals surface area contributed by atoms with E-state index in [-0.39, 0.29) is 5.97 Å². The minimum Gasteiger partial charge on any atom is -0.462 e. The molecule has 0 bridgehead atoms. The number of hydrogen-bond acceptors (Lipinski definition) is 7. The summed E-state index contributed by atoms with van der Waals surface area (Å²) in [5.41, 5.74) is 1.01. The quantitative estimate of drug-likeness (QED) is 0.571. The minimum absolute atomic E-state index is 0.321. The molecule has 0 radical (unpaired) electrons. The van der Waals surface area contributed by atoms with Gasteiger partial charge in [0.2, 0.25) is 5.95 Å². The molecule has 0 aliphatic heterocycles. The Labute approximate surface area is 135 Å². The highest BCUT2D eigenvalue weighted by Crippen LogP contribution is 2.19. The molecule has 122 valence electrons. The Kier molecular flexibility index (Phi) is 6.28. The van der Waals surface area contributed by atoms with Crippen LogP contribution in [-0.2, 0) is 4.74 Å². The summed E-state index contributed by atoms with van der Waals surface area (Å²) in [7, 11) is 0. The van der Waals surface area contributed by atoms with Crippen LogP contribution in [0.15, 0.2) is 30.5 Å². The maximum absolute atomic E-state index is 12.0. The summed E-state index contributed by atoms with van der Waals surface area (Å²) in [6, 6.07) is 7.06. The summed E-state index contributed by atoms with van der Waals surface area (Å²) in [5, 5.41) is 14.1. The van der Waals surface area contributed by atoms with Crippen molar-refractivity contribution in [3.63, 3.8) is 0 Å². The zero-order valence-corrected chi connectivity index (χ0v) is 13.4. The van der Waals surface area contributed by atoms with Crippen LogP contribution >= 0.6 is 0 Å². The van der Waals surface area contributed by atoms with Gasteiger partial charge >= 0.3 is 5.97 Å². The standard InChI is InChI=1S/C16H21N5O2/c1-3-5-10-17-14-11-18-21-16(20-14)19-13-9-7-6-8-12(13)15(22)23-4-2/h6-9,11H,3-5,10H2,1-2H3,(H2,17,19,20,21). The van der Waals surface area contributed by atoms with Crippen molar-refractivity contribution in [3.8, 4) is 0 Å². The molecule has 0 fully saturated rings. The fraction of sp³-hybridized carbons (Fsp3) is 0.375. The first-order valence-corrected chi connectivity index (χ1v) is 7.71. The number of para-hydroxylation sites is 1. The summed E-state index contributed by atoms with van der Waals surface area (Å²) in [6.45, 7) is 5.04. The van der Waals surface area contributed by atoms with Crippen molar-refractivity contribution in [2.75, 3.05) is 23.8 Å². The van der Waals surface area contributed by atoms with Crippen molar-refractivity contribution in [2.45, 2.75) is 26.7 Å². The van der Waals surface area contributed by atoms with E-state index in [4.69, 9.17) is 4.74 Å². The van der Waals surface area contributed by atoms with Crippen LogP contribution in [0.4, 0.5) is 17.5 Å². The van der Waals surface area contributed by atoms with Crippen molar-refractivity contribution >= 4 is 23.4 Å². The summed E-state index contributed by atoms with van der Waals surface area (Å²) >= 11 is 0. The molecule has 0 saturated heterocycles. The lowest BCUT2D eigenvalue weighted by atomic mass is 10.2. The Morgan fingerprint density at radius 2 is 2.09 bits per heavy atom. The molecule has 23 heavy (non-hydrogen) atoms. The van der Waals surface area contributed by atoms with E-state index in [9.17, 15) is 4.79 Å². The van der Waals surface area contributed by atoms with E-state index in [1.807, 2.05) is 6.07 Å². The van der Waals surface area contributed by atoms with Crippen molar-refractivity contribution in [1.82, 2.24) is 15.2 Å². The van der Waals surface area contributed by atoms with Gasteiger partial charge in [0, 0.05) is 6.54 Å². The third-order valence-electron chi connectivity index (χ3n) is 3.06.